The van der Waals surface area contributed by atoms with E-state index >= 15 is 0 Å². The van der Waals surface area contributed by atoms with Gasteiger partial charge in [-0.05, 0) is 23.7 Å². The maximum atomic E-state index is 13.5. The highest BCUT2D eigenvalue weighted by atomic mass is 31.2. The minimum Gasteiger partial charge on any atom is -0.481 e. The minimum atomic E-state index is -4.36. The molecule has 0 bridgehead atoms. The average Bonchev–Trinajstić information content (AvgIpc) is 2.93. The van der Waals surface area contributed by atoms with E-state index in [2.05, 4.69) is 6.92 Å². The predicted molar refractivity (Wildman–Crippen MR) is 171 cm³/mol. The highest BCUT2D eigenvalue weighted by molar-refractivity contribution is 7.47. The smallest absolute Gasteiger partial charge is 0.472 e. The number of carboxylic acid groups (broad SMARTS) is 1. The Hall–Kier alpha value is -0.610. The summed E-state index contributed by atoms with van der Waals surface area (Å²) in [6.45, 7) is 2.72. The lowest BCUT2D eigenvalue weighted by Crippen LogP contribution is -2.33. The number of halogens is 1. The van der Waals surface area contributed by atoms with Crippen LogP contribution in [0.25, 0.3) is 0 Å². The summed E-state index contributed by atoms with van der Waals surface area (Å²) in [5.41, 5.74) is 0. The number of rotatable bonds is 34. The standard InChI is InChI=1S/C32H65FNO8P/c1-4-5-6-7-8-9-10-11-12-13-14-15-16-17-18-19-20-22-26-39-29-31(40-27-23-21-24-32(35)36)30-42-43(37,38)41-28-25-34(2,3)33/h31H,4-30H2,1-3H3,(H-,35,36,37,38)/p+1. The number of phosphoric acid groups is 1. The van der Waals surface area contributed by atoms with Crippen LogP contribution in [0.15, 0.2) is 0 Å². The fourth-order valence-electron chi connectivity index (χ4n) is 4.68. The number of unbranched alkanes of at least 4 members (excludes halogenated alkanes) is 18. The van der Waals surface area contributed by atoms with Gasteiger partial charge in [-0.3, -0.25) is 13.8 Å². The van der Waals surface area contributed by atoms with Gasteiger partial charge in [0.2, 0.25) is 0 Å². The molecule has 9 nitrogen and oxygen atoms in total. The van der Waals surface area contributed by atoms with E-state index in [1.165, 1.54) is 117 Å². The molecule has 0 aromatic heterocycles. The molecule has 0 aliphatic carbocycles. The lowest BCUT2D eigenvalue weighted by atomic mass is 10.0. The van der Waals surface area contributed by atoms with Gasteiger partial charge in [-0.15, -0.1) is 4.71 Å². The van der Waals surface area contributed by atoms with E-state index in [-0.39, 0.29) is 39.4 Å². The zero-order valence-electron chi connectivity index (χ0n) is 27.8. The van der Waals surface area contributed by atoms with E-state index < -0.39 is 24.6 Å². The number of aliphatic carboxylic acids is 1. The molecule has 0 aliphatic heterocycles. The molecule has 0 fully saturated rings. The first-order valence-electron chi connectivity index (χ1n) is 17.1. The number of hydrogen-bond acceptors (Lipinski definition) is 6. The van der Waals surface area contributed by atoms with Crippen LogP contribution in [0.3, 0.4) is 0 Å². The number of hydrogen-bond donors (Lipinski definition) is 2. The Bertz CT molecular complexity index is 680. The van der Waals surface area contributed by atoms with Crippen molar-refractivity contribution >= 4 is 13.8 Å². The van der Waals surface area contributed by atoms with E-state index in [1.807, 2.05) is 0 Å². The van der Waals surface area contributed by atoms with Crippen molar-refractivity contribution in [2.24, 2.45) is 0 Å². The Morgan fingerprint density at radius 2 is 1.16 bits per heavy atom. The minimum absolute atomic E-state index is 0.0590. The van der Waals surface area contributed by atoms with Crippen molar-refractivity contribution in [2.45, 2.75) is 148 Å². The molecule has 0 saturated heterocycles. The lowest BCUT2D eigenvalue weighted by molar-refractivity contribution is -1.02. The second-order valence-electron chi connectivity index (χ2n) is 12.3. The first-order chi connectivity index (χ1) is 20.6. The van der Waals surface area contributed by atoms with Crippen molar-refractivity contribution in [3.8, 4) is 0 Å². The number of likely N-dealkylation sites (N-methyl/N-ethyl adjacent to an activating group) is 1. The lowest BCUT2D eigenvalue weighted by Gasteiger charge is -2.20. The molecule has 0 aliphatic rings. The quantitative estimate of drug-likeness (QED) is 0.0407. The van der Waals surface area contributed by atoms with E-state index in [9.17, 15) is 18.7 Å². The van der Waals surface area contributed by atoms with Gasteiger partial charge in [-0.1, -0.05) is 116 Å². The van der Waals surface area contributed by atoms with Crippen LogP contribution in [0.1, 0.15) is 142 Å². The van der Waals surface area contributed by atoms with E-state index in [0.29, 0.717) is 19.4 Å². The monoisotopic (exact) mass is 642 g/mol. The molecule has 2 atom stereocenters. The van der Waals surface area contributed by atoms with Crippen molar-refractivity contribution in [3.63, 3.8) is 0 Å². The summed E-state index contributed by atoms with van der Waals surface area (Å²) in [5, 5.41) is 8.77. The Morgan fingerprint density at radius 1 is 0.698 bits per heavy atom. The predicted octanol–water partition coefficient (Wildman–Crippen LogP) is 8.78. The van der Waals surface area contributed by atoms with Gasteiger partial charge in [-0.25, -0.2) is 4.57 Å². The Labute approximate surface area is 262 Å². The van der Waals surface area contributed by atoms with Gasteiger partial charge >= 0.3 is 13.8 Å². The Morgan fingerprint density at radius 3 is 1.63 bits per heavy atom. The molecule has 2 N–H and O–H groups in total. The zero-order chi connectivity index (χ0) is 32.1. The third-order valence-electron chi connectivity index (χ3n) is 7.39. The number of carbonyl (C=O) groups is 1. The summed E-state index contributed by atoms with van der Waals surface area (Å²) < 4.78 is 46.1. The van der Waals surface area contributed by atoms with Gasteiger partial charge in [0.15, 0.2) is 0 Å². The largest absolute Gasteiger partial charge is 0.481 e. The van der Waals surface area contributed by atoms with Crippen LogP contribution in [0.4, 0.5) is 4.48 Å². The summed E-state index contributed by atoms with van der Waals surface area (Å²) in [6, 6.07) is 0. The van der Waals surface area contributed by atoms with Crippen molar-refractivity contribution < 1.29 is 47.1 Å². The molecule has 0 aromatic carbocycles. The van der Waals surface area contributed by atoms with Crippen LogP contribution in [0.2, 0.25) is 0 Å². The zero-order valence-corrected chi connectivity index (χ0v) is 28.7. The molecule has 11 heteroatoms. The van der Waals surface area contributed by atoms with Crippen LogP contribution >= 0.6 is 7.82 Å². The van der Waals surface area contributed by atoms with Gasteiger partial charge in [0.1, 0.15) is 33.4 Å². The molecule has 0 spiro atoms. The van der Waals surface area contributed by atoms with Crippen LogP contribution in [0.5, 0.6) is 0 Å². The highest BCUT2D eigenvalue weighted by Gasteiger charge is 2.26. The van der Waals surface area contributed by atoms with Crippen LogP contribution in [-0.2, 0) is 27.9 Å². The van der Waals surface area contributed by atoms with Crippen molar-refractivity contribution in [1.29, 1.82) is 0 Å². The van der Waals surface area contributed by atoms with Gasteiger partial charge in [0.05, 0.1) is 13.2 Å². The van der Waals surface area contributed by atoms with Crippen molar-refractivity contribution in [1.82, 2.24) is 0 Å². The van der Waals surface area contributed by atoms with E-state index in [4.69, 9.17) is 23.6 Å². The molecule has 0 aromatic rings. The Balaban J connectivity index is 3.89. The van der Waals surface area contributed by atoms with Gasteiger partial charge in [0, 0.05) is 19.6 Å². The molecule has 0 radical (unpaired) electrons. The first kappa shape index (κ1) is 42.4. The third-order valence-corrected chi connectivity index (χ3v) is 8.37. The van der Waals surface area contributed by atoms with Crippen molar-refractivity contribution in [3.05, 3.63) is 0 Å². The average molecular weight is 643 g/mol. The number of carboxylic acids is 1. The maximum Gasteiger partial charge on any atom is 0.472 e. The molecular formula is C32H66FNO8P+. The summed E-state index contributed by atoms with van der Waals surface area (Å²) in [6.07, 6.45) is 24.2. The molecule has 0 rings (SSSR count). The third kappa shape index (κ3) is 34.1. The molecule has 43 heavy (non-hydrogen) atoms. The van der Waals surface area contributed by atoms with Gasteiger partial charge < -0.3 is 19.5 Å². The summed E-state index contributed by atoms with van der Waals surface area (Å²) >= 11 is 0. The molecular weight excluding hydrogens is 576 g/mol. The maximum absolute atomic E-state index is 13.5. The second kappa shape index (κ2) is 28.8. The van der Waals surface area contributed by atoms with Crippen LogP contribution in [0, 0.1) is 0 Å². The van der Waals surface area contributed by atoms with E-state index in [0.717, 1.165) is 12.8 Å². The van der Waals surface area contributed by atoms with Crippen LogP contribution < -0.4 is 0 Å². The fraction of sp³-hybridized carbons (Fsp3) is 0.969. The highest BCUT2D eigenvalue weighted by Crippen LogP contribution is 2.43. The number of phosphoric ester groups is 1. The topological polar surface area (TPSA) is 112 Å². The number of ether oxygens (including phenoxy) is 2. The molecule has 0 saturated carbocycles. The number of nitrogens with zero attached hydrogens (tertiary/aromatic N) is 1. The summed E-state index contributed by atoms with van der Waals surface area (Å²) in [4.78, 5) is 20.6. The molecule has 258 valence electrons. The first-order valence-corrected chi connectivity index (χ1v) is 18.6. The summed E-state index contributed by atoms with van der Waals surface area (Å²) in [7, 11) is -1.75. The summed E-state index contributed by atoms with van der Waals surface area (Å²) in [5.74, 6) is -0.860. The van der Waals surface area contributed by atoms with Gasteiger partial charge in [0.25, 0.3) is 0 Å². The van der Waals surface area contributed by atoms with Crippen LogP contribution in [-0.4, -0.2) is 80.5 Å². The second-order valence-corrected chi connectivity index (χ2v) is 13.7. The van der Waals surface area contributed by atoms with Gasteiger partial charge in [-0.2, -0.15) is 0 Å². The molecule has 2 unspecified atom stereocenters. The Kier molecular flexibility index (Phi) is 28.4. The van der Waals surface area contributed by atoms with Crippen molar-refractivity contribution in [2.75, 3.05) is 53.7 Å². The fourth-order valence-corrected chi connectivity index (χ4v) is 5.42. The number of quaternary nitrogens is 1. The normalized spacial score (nSPS) is 14.2. The molecule has 0 amide bonds. The van der Waals surface area contributed by atoms with E-state index in [1.54, 1.807) is 0 Å². The SMILES string of the molecule is CCCCCCCCCCCCCCCCCCCCOCC(COP(=O)(O)OCC[N+](C)(C)F)OCCCCC(=O)O. The molecule has 0 heterocycles.